The van der Waals surface area contributed by atoms with Crippen molar-refractivity contribution >= 4 is 29.1 Å². The Hall–Kier alpha value is -1.75. The molecule has 0 aromatic heterocycles. The van der Waals surface area contributed by atoms with Gasteiger partial charge in [0.15, 0.2) is 0 Å². The second-order valence-corrected chi connectivity index (χ2v) is 4.39. The van der Waals surface area contributed by atoms with Crippen molar-refractivity contribution in [1.82, 2.24) is 5.32 Å². The Kier molecular flexibility index (Phi) is 5.63. The molecule has 1 rings (SSSR count). The maximum Gasteiger partial charge on any atom is 0.243 e. The number of aryl methyl sites for hydroxylation is 1. The number of hydrogen-bond donors (Lipinski definition) is 2. The van der Waals surface area contributed by atoms with E-state index in [1.54, 1.807) is 19.1 Å². The number of ether oxygens (including phenoxy) is 1. The lowest BCUT2D eigenvalue weighted by Crippen LogP contribution is -2.32. The standard InChI is InChI=1S/C13H17ClN2O3/c1-4-12(17)15-7-13(18)16-10-5-8(2)9(14)6-11(10)19-3/h5-6H,4,7H2,1-3H3,(H,15,17)(H,16,18). The molecule has 0 unspecified atom stereocenters. The molecule has 1 aromatic rings. The Morgan fingerprint density at radius 2 is 2.00 bits per heavy atom. The van der Waals surface area contributed by atoms with E-state index >= 15 is 0 Å². The third kappa shape index (κ3) is 4.44. The molecule has 2 N–H and O–H groups in total. The van der Waals surface area contributed by atoms with Gasteiger partial charge in [-0.05, 0) is 18.6 Å². The molecule has 0 radical (unpaired) electrons. The van der Waals surface area contributed by atoms with Gasteiger partial charge in [-0.15, -0.1) is 0 Å². The number of rotatable bonds is 5. The number of carbonyl (C=O) groups excluding carboxylic acids is 2. The Morgan fingerprint density at radius 1 is 1.32 bits per heavy atom. The van der Waals surface area contributed by atoms with Gasteiger partial charge in [-0.1, -0.05) is 18.5 Å². The van der Waals surface area contributed by atoms with Crippen LogP contribution in [0.3, 0.4) is 0 Å². The monoisotopic (exact) mass is 284 g/mol. The van der Waals surface area contributed by atoms with Gasteiger partial charge < -0.3 is 15.4 Å². The number of hydrogen-bond acceptors (Lipinski definition) is 3. The highest BCUT2D eigenvalue weighted by molar-refractivity contribution is 6.31. The molecule has 0 aliphatic heterocycles. The summed E-state index contributed by atoms with van der Waals surface area (Å²) in [6.07, 6.45) is 0.344. The van der Waals surface area contributed by atoms with Crippen molar-refractivity contribution in [2.45, 2.75) is 20.3 Å². The zero-order chi connectivity index (χ0) is 14.4. The molecule has 0 saturated carbocycles. The summed E-state index contributed by atoms with van der Waals surface area (Å²) in [7, 11) is 1.50. The number of halogens is 1. The third-order valence-corrected chi connectivity index (χ3v) is 2.93. The van der Waals surface area contributed by atoms with Crippen molar-refractivity contribution in [2.24, 2.45) is 0 Å². The molecule has 0 aliphatic carbocycles. The van der Waals surface area contributed by atoms with Crippen molar-refractivity contribution in [3.05, 3.63) is 22.7 Å². The van der Waals surface area contributed by atoms with Gasteiger partial charge in [0.1, 0.15) is 5.75 Å². The highest BCUT2D eigenvalue weighted by atomic mass is 35.5. The van der Waals surface area contributed by atoms with Gasteiger partial charge in [0.2, 0.25) is 11.8 Å². The van der Waals surface area contributed by atoms with Crippen LogP contribution in [0, 0.1) is 6.92 Å². The minimum atomic E-state index is -0.318. The first kappa shape index (κ1) is 15.3. The normalized spacial score (nSPS) is 9.89. The van der Waals surface area contributed by atoms with E-state index in [0.29, 0.717) is 22.9 Å². The first-order chi connectivity index (χ1) is 8.97. The van der Waals surface area contributed by atoms with Crippen LogP contribution in [0.1, 0.15) is 18.9 Å². The quantitative estimate of drug-likeness (QED) is 0.870. The van der Waals surface area contributed by atoms with Crippen molar-refractivity contribution in [2.75, 3.05) is 19.0 Å². The lowest BCUT2D eigenvalue weighted by molar-refractivity contribution is -0.123. The maximum atomic E-state index is 11.7. The molecule has 1 aromatic carbocycles. The summed E-state index contributed by atoms with van der Waals surface area (Å²) in [5, 5.41) is 5.73. The molecule has 0 fully saturated rings. The van der Waals surface area contributed by atoms with Crippen molar-refractivity contribution in [3.8, 4) is 5.75 Å². The lowest BCUT2D eigenvalue weighted by atomic mass is 10.2. The van der Waals surface area contributed by atoms with Crippen LogP contribution in [0.5, 0.6) is 5.75 Å². The summed E-state index contributed by atoms with van der Waals surface area (Å²) in [6, 6.07) is 3.36. The van der Waals surface area contributed by atoms with Gasteiger partial charge in [0, 0.05) is 17.5 Å². The molecule has 0 heterocycles. The maximum absolute atomic E-state index is 11.7. The minimum absolute atomic E-state index is 0.0719. The van der Waals surface area contributed by atoms with Crippen LogP contribution in [0.2, 0.25) is 5.02 Å². The summed E-state index contributed by atoms with van der Waals surface area (Å²) < 4.78 is 5.14. The van der Waals surface area contributed by atoms with E-state index in [1.165, 1.54) is 7.11 Å². The van der Waals surface area contributed by atoms with Gasteiger partial charge in [-0.25, -0.2) is 0 Å². The van der Waals surface area contributed by atoms with E-state index in [9.17, 15) is 9.59 Å². The lowest BCUT2D eigenvalue weighted by Gasteiger charge is -2.12. The summed E-state index contributed by atoms with van der Waals surface area (Å²) in [5.74, 6) is -0.0120. The van der Waals surface area contributed by atoms with Crippen LogP contribution in [-0.2, 0) is 9.59 Å². The molecular formula is C13H17ClN2O3. The van der Waals surface area contributed by atoms with Crippen LogP contribution < -0.4 is 15.4 Å². The molecule has 6 heteroatoms. The number of amides is 2. The number of nitrogens with one attached hydrogen (secondary N) is 2. The fourth-order valence-corrected chi connectivity index (χ4v) is 1.58. The Morgan fingerprint density at radius 3 is 2.58 bits per heavy atom. The summed E-state index contributed by atoms with van der Waals surface area (Å²) in [4.78, 5) is 22.7. The molecule has 0 aliphatic rings. The largest absolute Gasteiger partial charge is 0.495 e. The van der Waals surface area contributed by atoms with E-state index in [1.807, 2.05) is 6.92 Å². The SMILES string of the molecule is CCC(=O)NCC(=O)Nc1cc(C)c(Cl)cc1OC. The zero-order valence-electron chi connectivity index (χ0n) is 11.2. The van der Waals surface area contributed by atoms with Gasteiger partial charge >= 0.3 is 0 Å². The van der Waals surface area contributed by atoms with Crippen molar-refractivity contribution < 1.29 is 14.3 Å². The third-order valence-electron chi connectivity index (χ3n) is 2.52. The fraction of sp³-hybridized carbons (Fsp3) is 0.385. The van der Waals surface area contributed by atoms with Gasteiger partial charge in [0.25, 0.3) is 0 Å². The molecule has 0 saturated heterocycles. The Bertz CT molecular complexity index is 489. The summed E-state index contributed by atoms with van der Waals surface area (Å²) in [6.45, 7) is 3.48. The smallest absolute Gasteiger partial charge is 0.243 e. The predicted molar refractivity (Wildman–Crippen MR) is 74.7 cm³/mol. The zero-order valence-corrected chi connectivity index (χ0v) is 11.9. The summed E-state index contributed by atoms with van der Waals surface area (Å²) in [5.41, 5.74) is 1.36. The first-order valence-corrected chi connectivity index (χ1v) is 6.26. The molecule has 5 nitrogen and oxygen atoms in total. The highest BCUT2D eigenvalue weighted by Gasteiger charge is 2.10. The first-order valence-electron chi connectivity index (χ1n) is 5.88. The molecule has 2 amide bonds. The summed E-state index contributed by atoms with van der Waals surface area (Å²) >= 11 is 5.97. The molecule has 0 bridgehead atoms. The van der Waals surface area contributed by atoms with Gasteiger partial charge in [-0.2, -0.15) is 0 Å². The Labute approximate surface area is 117 Å². The van der Waals surface area contributed by atoms with Crippen LogP contribution in [0.15, 0.2) is 12.1 Å². The Balaban J connectivity index is 2.73. The number of methoxy groups -OCH3 is 1. The fourth-order valence-electron chi connectivity index (χ4n) is 1.43. The average molecular weight is 285 g/mol. The minimum Gasteiger partial charge on any atom is -0.495 e. The van der Waals surface area contributed by atoms with Gasteiger partial charge in [0.05, 0.1) is 19.3 Å². The van der Waals surface area contributed by atoms with Crippen LogP contribution in [-0.4, -0.2) is 25.5 Å². The molecule has 19 heavy (non-hydrogen) atoms. The topological polar surface area (TPSA) is 67.4 Å². The van der Waals surface area contributed by atoms with Crippen LogP contribution >= 0.6 is 11.6 Å². The van der Waals surface area contributed by atoms with E-state index < -0.39 is 0 Å². The van der Waals surface area contributed by atoms with Crippen LogP contribution in [0.4, 0.5) is 5.69 Å². The predicted octanol–water partition coefficient (Wildman–Crippen LogP) is 2.12. The van der Waals surface area contributed by atoms with E-state index in [0.717, 1.165) is 5.56 Å². The van der Waals surface area contributed by atoms with Gasteiger partial charge in [-0.3, -0.25) is 9.59 Å². The number of carbonyl (C=O) groups is 2. The molecule has 0 spiro atoms. The van der Waals surface area contributed by atoms with Crippen LogP contribution in [0.25, 0.3) is 0 Å². The molecule has 104 valence electrons. The number of anilines is 1. The average Bonchev–Trinajstić information content (AvgIpc) is 2.39. The van der Waals surface area contributed by atoms with Crippen molar-refractivity contribution in [1.29, 1.82) is 0 Å². The number of benzene rings is 1. The van der Waals surface area contributed by atoms with E-state index in [-0.39, 0.29) is 18.4 Å². The van der Waals surface area contributed by atoms with Crippen molar-refractivity contribution in [3.63, 3.8) is 0 Å². The van der Waals surface area contributed by atoms with E-state index in [4.69, 9.17) is 16.3 Å². The molecular weight excluding hydrogens is 268 g/mol. The second kappa shape index (κ2) is 6.99. The highest BCUT2D eigenvalue weighted by Crippen LogP contribution is 2.30. The second-order valence-electron chi connectivity index (χ2n) is 3.98. The molecule has 0 atom stereocenters. The van der Waals surface area contributed by atoms with E-state index in [2.05, 4.69) is 10.6 Å².